The summed E-state index contributed by atoms with van der Waals surface area (Å²) in [6, 6.07) is 5.11. The van der Waals surface area contributed by atoms with Gasteiger partial charge in [-0.05, 0) is 37.6 Å². The number of carbonyl (C=O) groups is 1. The summed E-state index contributed by atoms with van der Waals surface area (Å²) in [5, 5.41) is 10.0. The molecule has 0 aliphatic carbocycles. The summed E-state index contributed by atoms with van der Waals surface area (Å²) >= 11 is 0. The number of ketones is 1. The van der Waals surface area contributed by atoms with E-state index in [1.54, 1.807) is 18.2 Å². The molecule has 0 radical (unpaired) electrons. The van der Waals surface area contributed by atoms with Gasteiger partial charge in [-0.25, -0.2) is 0 Å². The summed E-state index contributed by atoms with van der Waals surface area (Å²) in [5.41, 5.74) is 2.03. The third-order valence-corrected chi connectivity index (χ3v) is 2.76. The predicted molar refractivity (Wildman–Crippen MR) is 60.6 cm³/mol. The van der Waals surface area contributed by atoms with E-state index in [4.69, 9.17) is 4.74 Å². The Balaban J connectivity index is 2.41. The largest absolute Gasteiger partial charge is 0.483 e. The van der Waals surface area contributed by atoms with Crippen molar-refractivity contribution in [1.82, 2.24) is 0 Å². The summed E-state index contributed by atoms with van der Waals surface area (Å²) in [7, 11) is 0. The van der Waals surface area contributed by atoms with E-state index in [1.165, 1.54) is 6.92 Å². The van der Waals surface area contributed by atoms with E-state index in [0.29, 0.717) is 16.9 Å². The Morgan fingerprint density at radius 3 is 2.69 bits per heavy atom. The SMILES string of the molecule is C=C(C)[C@@H]1Oc2ccc(C(C)=O)cc2[C@@H]1O. The van der Waals surface area contributed by atoms with Crippen LogP contribution in [0.1, 0.15) is 35.9 Å². The van der Waals surface area contributed by atoms with E-state index < -0.39 is 12.2 Å². The van der Waals surface area contributed by atoms with Crippen molar-refractivity contribution in [1.29, 1.82) is 0 Å². The van der Waals surface area contributed by atoms with Crippen LogP contribution >= 0.6 is 0 Å². The Hall–Kier alpha value is -1.61. The standard InChI is InChI=1S/C13H14O3/c1-7(2)13-12(15)10-6-9(8(3)14)4-5-11(10)16-13/h4-6,12-13,15H,1H2,2-3H3/t12-,13-/m0/s1. The molecule has 84 valence electrons. The van der Waals surface area contributed by atoms with Crippen molar-refractivity contribution in [2.24, 2.45) is 0 Å². The fraction of sp³-hybridized carbons (Fsp3) is 0.308. The number of hydrogen-bond acceptors (Lipinski definition) is 3. The van der Waals surface area contributed by atoms with Gasteiger partial charge in [-0.1, -0.05) is 6.58 Å². The van der Waals surface area contributed by atoms with E-state index >= 15 is 0 Å². The number of carbonyl (C=O) groups excluding carboxylic acids is 1. The van der Waals surface area contributed by atoms with Crippen LogP contribution in [0.2, 0.25) is 0 Å². The molecule has 16 heavy (non-hydrogen) atoms. The molecule has 1 aromatic carbocycles. The van der Waals surface area contributed by atoms with E-state index in [2.05, 4.69) is 6.58 Å². The van der Waals surface area contributed by atoms with Crippen molar-refractivity contribution in [3.63, 3.8) is 0 Å². The maximum atomic E-state index is 11.2. The number of aliphatic hydroxyl groups excluding tert-OH is 1. The van der Waals surface area contributed by atoms with Crippen LogP contribution in [0.3, 0.4) is 0 Å². The van der Waals surface area contributed by atoms with Gasteiger partial charge in [-0.3, -0.25) is 4.79 Å². The third kappa shape index (κ3) is 1.63. The molecule has 1 aliphatic heterocycles. The summed E-state index contributed by atoms with van der Waals surface area (Å²) in [4.78, 5) is 11.2. The van der Waals surface area contributed by atoms with Crippen LogP contribution < -0.4 is 4.74 Å². The molecule has 0 saturated heterocycles. The Bertz CT molecular complexity index is 462. The predicted octanol–water partition coefficient (Wildman–Crippen LogP) is 2.26. The van der Waals surface area contributed by atoms with Crippen molar-refractivity contribution in [2.45, 2.75) is 26.1 Å². The molecule has 3 nitrogen and oxygen atoms in total. The number of Topliss-reactive ketones (excluding diaryl/α,β-unsaturated/α-hetero) is 1. The Labute approximate surface area is 94.4 Å². The molecule has 0 unspecified atom stereocenters. The first-order valence-corrected chi connectivity index (χ1v) is 5.15. The molecule has 0 fully saturated rings. The maximum absolute atomic E-state index is 11.2. The van der Waals surface area contributed by atoms with Crippen molar-refractivity contribution >= 4 is 5.78 Å². The lowest BCUT2D eigenvalue weighted by atomic mass is 10.00. The average Bonchev–Trinajstić information content (AvgIpc) is 2.56. The lowest BCUT2D eigenvalue weighted by molar-refractivity contribution is 0.0900. The maximum Gasteiger partial charge on any atom is 0.159 e. The summed E-state index contributed by atoms with van der Waals surface area (Å²) < 4.78 is 5.55. The van der Waals surface area contributed by atoms with Crippen molar-refractivity contribution in [3.8, 4) is 5.75 Å². The van der Waals surface area contributed by atoms with Gasteiger partial charge < -0.3 is 9.84 Å². The molecule has 2 atom stereocenters. The number of aliphatic hydroxyl groups is 1. The van der Waals surface area contributed by atoms with Crippen molar-refractivity contribution in [3.05, 3.63) is 41.5 Å². The highest BCUT2D eigenvalue weighted by molar-refractivity contribution is 5.94. The van der Waals surface area contributed by atoms with Crippen LogP contribution in [-0.2, 0) is 0 Å². The lowest BCUT2D eigenvalue weighted by Crippen LogP contribution is -2.19. The van der Waals surface area contributed by atoms with Gasteiger partial charge in [-0.2, -0.15) is 0 Å². The van der Waals surface area contributed by atoms with Gasteiger partial charge in [0.05, 0.1) is 0 Å². The first kappa shape index (κ1) is 10.9. The normalized spacial score (nSPS) is 22.4. The van der Waals surface area contributed by atoms with Gasteiger partial charge in [0.15, 0.2) is 5.78 Å². The molecule has 0 amide bonds. The third-order valence-electron chi connectivity index (χ3n) is 2.76. The van der Waals surface area contributed by atoms with Crippen molar-refractivity contribution < 1.29 is 14.6 Å². The number of benzene rings is 1. The van der Waals surface area contributed by atoms with E-state index in [0.717, 1.165) is 5.57 Å². The van der Waals surface area contributed by atoms with Gasteiger partial charge in [0.2, 0.25) is 0 Å². The van der Waals surface area contributed by atoms with E-state index in [9.17, 15) is 9.90 Å². The zero-order valence-corrected chi connectivity index (χ0v) is 9.36. The number of hydrogen-bond donors (Lipinski definition) is 1. The zero-order valence-electron chi connectivity index (χ0n) is 9.36. The minimum Gasteiger partial charge on any atom is -0.483 e. The first-order valence-electron chi connectivity index (χ1n) is 5.15. The monoisotopic (exact) mass is 218 g/mol. The fourth-order valence-corrected chi connectivity index (χ4v) is 1.84. The topological polar surface area (TPSA) is 46.5 Å². The zero-order chi connectivity index (χ0) is 11.9. The Kier molecular flexibility index (Phi) is 2.56. The minimum atomic E-state index is -0.730. The van der Waals surface area contributed by atoms with Gasteiger partial charge in [0, 0.05) is 11.1 Å². The molecule has 0 saturated carbocycles. The highest BCUT2D eigenvalue weighted by Gasteiger charge is 2.33. The fourth-order valence-electron chi connectivity index (χ4n) is 1.84. The van der Waals surface area contributed by atoms with Crippen LogP contribution in [0.25, 0.3) is 0 Å². The molecule has 1 heterocycles. The van der Waals surface area contributed by atoms with Gasteiger partial charge >= 0.3 is 0 Å². The molecule has 1 aromatic rings. The molecule has 2 rings (SSSR count). The highest BCUT2D eigenvalue weighted by Crippen LogP contribution is 2.39. The second-order valence-electron chi connectivity index (χ2n) is 4.14. The lowest BCUT2D eigenvalue weighted by Gasteiger charge is -2.13. The Morgan fingerprint density at radius 2 is 2.12 bits per heavy atom. The molecule has 1 aliphatic rings. The van der Waals surface area contributed by atoms with Crippen LogP contribution in [0, 0.1) is 0 Å². The smallest absolute Gasteiger partial charge is 0.159 e. The second kappa shape index (κ2) is 3.76. The number of fused-ring (bicyclic) bond motifs is 1. The summed E-state index contributed by atoms with van der Waals surface area (Å²) in [5.74, 6) is 0.610. The van der Waals surface area contributed by atoms with Gasteiger partial charge in [0.1, 0.15) is 18.0 Å². The van der Waals surface area contributed by atoms with Crippen molar-refractivity contribution in [2.75, 3.05) is 0 Å². The molecule has 1 N–H and O–H groups in total. The van der Waals surface area contributed by atoms with E-state index in [-0.39, 0.29) is 5.78 Å². The molecule has 3 heteroatoms. The summed E-state index contributed by atoms with van der Waals surface area (Å²) in [6.07, 6.45) is -1.14. The molecular formula is C13H14O3. The van der Waals surface area contributed by atoms with Crippen LogP contribution in [0.15, 0.2) is 30.4 Å². The molecule has 0 bridgehead atoms. The Morgan fingerprint density at radius 1 is 1.44 bits per heavy atom. The first-order chi connectivity index (χ1) is 7.50. The summed E-state index contributed by atoms with van der Waals surface area (Å²) in [6.45, 7) is 7.09. The van der Waals surface area contributed by atoms with Crippen LogP contribution in [0.4, 0.5) is 0 Å². The molecule has 0 spiro atoms. The average molecular weight is 218 g/mol. The molecular weight excluding hydrogens is 204 g/mol. The second-order valence-corrected chi connectivity index (χ2v) is 4.14. The molecule has 0 aromatic heterocycles. The van der Waals surface area contributed by atoms with E-state index in [1.807, 2.05) is 6.92 Å². The van der Waals surface area contributed by atoms with Crippen LogP contribution in [0.5, 0.6) is 5.75 Å². The van der Waals surface area contributed by atoms with Gasteiger partial charge in [0.25, 0.3) is 0 Å². The van der Waals surface area contributed by atoms with Gasteiger partial charge in [-0.15, -0.1) is 0 Å². The number of ether oxygens (including phenoxy) is 1. The number of rotatable bonds is 2. The minimum absolute atomic E-state index is 0.0197. The quantitative estimate of drug-likeness (QED) is 0.611. The van der Waals surface area contributed by atoms with Crippen LogP contribution in [-0.4, -0.2) is 17.0 Å². The highest BCUT2D eigenvalue weighted by atomic mass is 16.5.